The molecule has 0 aromatic heterocycles. The zero-order valence-electron chi connectivity index (χ0n) is 4.54. The van der Waals surface area contributed by atoms with Crippen LogP contribution in [0.1, 0.15) is 6.42 Å². The molecule has 0 radical (unpaired) electrons. The van der Waals surface area contributed by atoms with Crippen molar-refractivity contribution >= 4 is 21.6 Å². The third-order valence-corrected chi connectivity index (χ3v) is 3.42. The highest BCUT2D eigenvalue weighted by molar-refractivity contribution is 8.78. The number of hydrogen-bond donors (Lipinski definition) is 0. The van der Waals surface area contributed by atoms with Crippen LogP contribution in [0.15, 0.2) is 24.1 Å². The maximum absolute atomic E-state index is 3.72. The highest BCUT2D eigenvalue weighted by Gasteiger charge is 2.04. The lowest BCUT2D eigenvalue weighted by atomic mass is 10.3. The molecule has 1 rings (SSSR count). The number of allylic oxidation sites excluding steroid dienone is 1. The second kappa shape index (κ2) is 3.25. The van der Waals surface area contributed by atoms with E-state index >= 15 is 0 Å². The number of hydrogen-bond acceptors (Lipinski definition) is 2. The molecule has 0 bridgehead atoms. The third-order valence-electron chi connectivity index (χ3n) is 0.962. The lowest BCUT2D eigenvalue weighted by Gasteiger charge is -2.09. The molecule has 2 heteroatoms. The van der Waals surface area contributed by atoms with Gasteiger partial charge in [0.1, 0.15) is 0 Å². The molecule has 0 nitrogen and oxygen atoms in total. The van der Waals surface area contributed by atoms with Crippen molar-refractivity contribution in [3.05, 3.63) is 24.1 Å². The van der Waals surface area contributed by atoms with Crippen LogP contribution in [0.25, 0.3) is 0 Å². The first-order valence-electron chi connectivity index (χ1n) is 2.53. The van der Waals surface area contributed by atoms with Crippen molar-refractivity contribution in [2.24, 2.45) is 0 Å². The van der Waals surface area contributed by atoms with Crippen molar-refractivity contribution in [1.29, 1.82) is 0 Å². The Hall–Kier alpha value is 0.180. The van der Waals surface area contributed by atoms with Crippen LogP contribution in [0.3, 0.4) is 0 Å². The third kappa shape index (κ3) is 1.60. The van der Waals surface area contributed by atoms with E-state index in [1.807, 2.05) is 16.9 Å². The molecule has 8 heavy (non-hydrogen) atoms. The Labute approximate surface area is 57.8 Å². The van der Waals surface area contributed by atoms with Gasteiger partial charge in [-0.25, -0.2) is 0 Å². The van der Waals surface area contributed by atoms with Gasteiger partial charge in [-0.2, -0.15) is 0 Å². The largest absolute Gasteiger partial charge is 0.102 e. The minimum Gasteiger partial charge on any atom is -0.102 e. The van der Waals surface area contributed by atoms with Crippen LogP contribution in [0.4, 0.5) is 0 Å². The summed E-state index contributed by atoms with van der Waals surface area (Å²) in [6.07, 6.45) is 5.34. The second-order valence-electron chi connectivity index (χ2n) is 1.57. The average molecular weight is 144 g/mol. The molecule has 0 aromatic carbocycles. The predicted molar refractivity (Wildman–Crippen MR) is 42.9 cm³/mol. The summed E-state index contributed by atoms with van der Waals surface area (Å²) in [5.74, 6) is 0. The van der Waals surface area contributed by atoms with Gasteiger partial charge in [-0.3, -0.25) is 0 Å². The summed E-state index contributed by atoms with van der Waals surface area (Å²) in [6.45, 7) is 3.72. The molecule has 0 amide bonds. The number of rotatable bonds is 1. The molecule has 0 N–H and O–H groups in total. The summed E-state index contributed by atoms with van der Waals surface area (Å²) >= 11 is 0. The molecular formula is C6H8S2. The van der Waals surface area contributed by atoms with Gasteiger partial charge in [0.15, 0.2) is 0 Å². The van der Waals surface area contributed by atoms with Gasteiger partial charge >= 0.3 is 0 Å². The molecular weight excluding hydrogens is 136 g/mol. The molecule has 1 atom stereocenters. The lowest BCUT2D eigenvalue weighted by molar-refractivity contribution is 1.08. The van der Waals surface area contributed by atoms with Gasteiger partial charge in [-0.05, 0) is 11.8 Å². The van der Waals surface area contributed by atoms with E-state index in [2.05, 4.69) is 18.1 Å². The SMILES string of the molecule is C=C[C@H]1CC=CSS1. The maximum atomic E-state index is 3.72. The standard InChI is InChI=1S/C6H8S2/c1-2-6-4-3-5-7-8-6/h2-3,5-6H,1,4H2/t6-/m0/s1. The first-order valence-corrected chi connectivity index (χ1v) is 4.81. The highest BCUT2D eigenvalue weighted by atomic mass is 33.1. The van der Waals surface area contributed by atoms with Gasteiger partial charge in [-0.1, -0.05) is 33.7 Å². The van der Waals surface area contributed by atoms with Crippen LogP contribution in [0.5, 0.6) is 0 Å². The molecule has 44 valence electrons. The molecule has 0 unspecified atom stereocenters. The van der Waals surface area contributed by atoms with Gasteiger partial charge in [-0.15, -0.1) is 6.58 Å². The van der Waals surface area contributed by atoms with Crippen LogP contribution in [0, 0.1) is 0 Å². The first-order chi connectivity index (χ1) is 3.93. The molecule has 0 saturated heterocycles. The minimum absolute atomic E-state index is 0.644. The van der Waals surface area contributed by atoms with E-state index in [0.717, 1.165) is 6.42 Å². The van der Waals surface area contributed by atoms with Crippen LogP contribution < -0.4 is 0 Å². The van der Waals surface area contributed by atoms with Crippen LogP contribution in [0.2, 0.25) is 0 Å². The molecule has 0 spiro atoms. The summed E-state index contributed by atoms with van der Waals surface area (Å²) < 4.78 is 0. The summed E-state index contributed by atoms with van der Waals surface area (Å²) in [4.78, 5) is 0. The van der Waals surface area contributed by atoms with Crippen molar-refractivity contribution in [3.63, 3.8) is 0 Å². The van der Waals surface area contributed by atoms with Crippen LogP contribution in [-0.2, 0) is 0 Å². The van der Waals surface area contributed by atoms with Crippen LogP contribution in [-0.4, -0.2) is 5.25 Å². The van der Waals surface area contributed by atoms with Crippen molar-refractivity contribution in [2.75, 3.05) is 0 Å². The van der Waals surface area contributed by atoms with Crippen molar-refractivity contribution in [1.82, 2.24) is 0 Å². The average Bonchev–Trinajstić information content (AvgIpc) is 1.90. The highest BCUT2D eigenvalue weighted by Crippen LogP contribution is 2.34. The second-order valence-corrected chi connectivity index (χ2v) is 3.99. The van der Waals surface area contributed by atoms with Gasteiger partial charge in [0.05, 0.1) is 0 Å². The summed E-state index contributed by atoms with van der Waals surface area (Å²) in [7, 11) is 3.67. The molecule has 0 aliphatic carbocycles. The van der Waals surface area contributed by atoms with E-state index < -0.39 is 0 Å². The Morgan fingerprint density at radius 1 is 1.75 bits per heavy atom. The molecule has 1 aliphatic heterocycles. The Balaban J connectivity index is 2.37. The monoisotopic (exact) mass is 144 g/mol. The molecule has 0 aromatic rings. The quantitative estimate of drug-likeness (QED) is 0.410. The van der Waals surface area contributed by atoms with Crippen LogP contribution >= 0.6 is 21.6 Å². The van der Waals surface area contributed by atoms with E-state index in [4.69, 9.17) is 0 Å². The van der Waals surface area contributed by atoms with Crippen molar-refractivity contribution < 1.29 is 0 Å². The van der Waals surface area contributed by atoms with Gasteiger partial charge in [0, 0.05) is 5.25 Å². The normalized spacial score (nSPS) is 27.8. The maximum Gasteiger partial charge on any atom is 0.0366 e. The predicted octanol–water partition coefficient (Wildman–Crippen LogP) is 2.84. The Morgan fingerprint density at radius 2 is 2.62 bits per heavy atom. The van der Waals surface area contributed by atoms with Gasteiger partial charge < -0.3 is 0 Å². The zero-order valence-corrected chi connectivity index (χ0v) is 6.17. The van der Waals surface area contributed by atoms with Crippen molar-refractivity contribution in [2.45, 2.75) is 11.7 Å². The van der Waals surface area contributed by atoms with Crippen molar-refractivity contribution in [3.8, 4) is 0 Å². The molecule has 0 saturated carbocycles. The van der Waals surface area contributed by atoms with E-state index in [0.29, 0.717) is 5.25 Å². The van der Waals surface area contributed by atoms with E-state index in [-0.39, 0.29) is 0 Å². The smallest absolute Gasteiger partial charge is 0.0366 e. The van der Waals surface area contributed by atoms with Gasteiger partial charge in [0.2, 0.25) is 0 Å². The Kier molecular flexibility index (Phi) is 2.56. The topological polar surface area (TPSA) is 0 Å². The minimum atomic E-state index is 0.644. The Bertz CT molecular complexity index is 107. The van der Waals surface area contributed by atoms with E-state index in [1.54, 1.807) is 10.8 Å². The molecule has 1 aliphatic rings. The molecule has 0 fully saturated rings. The summed E-state index contributed by atoms with van der Waals surface area (Å²) in [6, 6.07) is 0. The first kappa shape index (κ1) is 6.30. The fraction of sp³-hybridized carbons (Fsp3) is 0.333. The molecule has 1 heterocycles. The lowest BCUT2D eigenvalue weighted by Crippen LogP contribution is -1.94. The fourth-order valence-corrected chi connectivity index (χ4v) is 2.50. The summed E-state index contributed by atoms with van der Waals surface area (Å²) in [5, 5.41) is 2.77. The van der Waals surface area contributed by atoms with E-state index in [9.17, 15) is 0 Å². The van der Waals surface area contributed by atoms with Gasteiger partial charge in [0.25, 0.3) is 0 Å². The summed E-state index contributed by atoms with van der Waals surface area (Å²) in [5.41, 5.74) is 0. The Morgan fingerprint density at radius 3 is 3.00 bits per heavy atom. The van der Waals surface area contributed by atoms with E-state index in [1.165, 1.54) is 0 Å². The zero-order chi connectivity index (χ0) is 5.82. The fourth-order valence-electron chi connectivity index (χ4n) is 0.507.